The summed E-state index contributed by atoms with van der Waals surface area (Å²) in [6.45, 7) is 8.10. The lowest BCUT2D eigenvalue weighted by Crippen LogP contribution is -2.14. The summed E-state index contributed by atoms with van der Waals surface area (Å²) >= 11 is 3.57. The molecule has 2 nitrogen and oxygen atoms in total. The first-order valence-electron chi connectivity index (χ1n) is 5.15. The van der Waals surface area contributed by atoms with Crippen LogP contribution in [0, 0.1) is 13.8 Å². The highest BCUT2D eigenvalue weighted by molar-refractivity contribution is 9.10. The predicted octanol–water partition coefficient (Wildman–Crippen LogP) is 3.18. The summed E-state index contributed by atoms with van der Waals surface area (Å²) < 4.78 is 6.60. The van der Waals surface area contributed by atoms with Gasteiger partial charge in [-0.05, 0) is 37.6 Å². The second-order valence-electron chi connectivity index (χ2n) is 3.59. The van der Waals surface area contributed by atoms with Gasteiger partial charge in [0, 0.05) is 16.6 Å². The van der Waals surface area contributed by atoms with Gasteiger partial charge in [0.2, 0.25) is 0 Å². The highest BCUT2D eigenvalue weighted by atomic mass is 79.9. The molecule has 1 N–H and O–H groups in total. The van der Waals surface area contributed by atoms with Crippen LogP contribution in [0.1, 0.15) is 23.6 Å². The van der Waals surface area contributed by atoms with E-state index in [-0.39, 0.29) is 0 Å². The van der Waals surface area contributed by atoms with Crippen LogP contribution >= 0.6 is 15.9 Å². The molecule has 15 heavy (non-hydrogen) atoms. The van der Waals surface area contributed by atoms with Crippen molar-refractivity contribution in [3.63, 3.8) is 0 Å². The third kappa shape index (κ3) is 2.73. The van der Waals surface area contributed by atoms with E-state index in [1.54, 1.807) is 7.11 Å². The lowest BCUT2D eigenvalue weighted by molar-refractivity contribution is 0.404. The predicted molar refractivity (Wildman–Crippen MR) is 67.5 cm³/mol. The minimum atomic E-state index is 0.853. The molecule has 0 aliphatic carbocycles. The normalized spacial score (nSPS) is 10.5. The molecule has 0 heterocycles. The summed E-state index contributed by atoms with van der Waals surface area (Å²) in [7, 11) is 1.73. The Labute approximate surface area is 100 Å². The lowest BCUT2D eigenvalue weighted by Gasteiger charge is -2.16. The number of benzene rings is 1. The van der Waals surface area contributed by atoms with Gasteiger partial charge in [-0.1, -0.05) is 22.9 Å². The van der Waals surface area contributed by atoms with Gasteiger partial charge in [-0.3, -0.25) is 0 Å². The molecule has 0 spiro atoms. The van der Waals surface area contributed by atoms with E-state index in [1.165, 1.54) is 16.7 Å². The van der Waals surface area contributed by atoms with Crippen LogP contribution in [0.2, 0.25) is 0 Å². The quantitative estimate of drug-likeness (QED) is 0.908. The number of ether oxygens (including phenoxy) is 1. The van der Waals surface area contributed by atoms with E-state index in [0.717, 1.165) is 23.3 Å². The van der Waals surface area contributed by atoms with Crippen LogP contribution in [-0.2, 0) is 6.54 Å². The van der Waals surface area contributed by atoms with E-state index in [4.69, 9.17) is 4.74 Å². The summed E-state index contributed by atoms with van der Waals surface area (Å²) in [4.78, 5) is 0. The zero-order valence-corrected chi connectivity index (χ0v) is 11.4. The average Bonchev–Trinajstić information content (AvgIpc) is 2.21. The molecule has 0 saturated carbocycles. The monoisotopic (exact) mass is 271 g/mol. The molecule has 0 aliphatic heterocycles. The largest absolute Gasteiger partial charge is 0.496 e. The molecule has 0 fully saturated rings. The SMILES string of the molecule is CCNCc1c(C)c(Br)cc(C)c1OC. The third-order valence-electron chi connectivity index (χ3n) is 2.54. The van der Waals surface area contributed by atoms with Gasteiger partial charge in [0.05, 0.1) is 7.11 Å². The van der Waals surface area contributed by atoms with Crippen molar-refractivity contribution in [3.05, 3.63) is 27.2 Å². The van der Waals surface area contributed by atoms with Crippen LogP contribution in [0.3, 0.4) is 0 Å². The van der Waals surface area contributed by atoms with Crippen molar-refractivity contribution >= 4 is 15.9 Å². The van der Waals surface area contributed by atoms with Gasteiger partial charge in [-0.2, -0.15) is 0 Å². The number of methoxy groups -OCH3 is 1. The maximum atomic E-state index is 5.45. The zero-order valence-electron chi connectivity index (χ0n) is 9.78. The highest BCUT2D eigenvalue weighted by Crippen LogP contribution is 2.31. The Morgan fingerprint density at radius 1 is 1.40 bits per heavy atom. The maximum Gasteiger partial charge on any atom is 0.126 e. The number of hydrogen-bond acceptors (Lipinski definition) is 2. The van der Waals surface area contributed by atoms with Crippen molar-refractivity contribution in [1.82, 2.24) is 5.32 Å². The minimum absolute atomic E-state index is 0.853. The first-order valence-corrected chi connectivity index (χ1v) is 5.94. The summed E-state index contributed by atoms with van der Waals surface area (Å²) in [5, 5.41) is 3.33. The molecular formula is C12H18BrNO. The highest BCUT2D eigenvalue weighted by Gasteiger charge is 2.12. The van der Waals surface area contributed by atoms with Gasteiger partial charge in [0.25, 0.3) is 0 Å². The smallest absolute Gasteiger partial charge is 0.126 e. The number of rotatable bonds is 4. The first kappa shape index (κ1) is 12.5. The molecule has 0 saturated heterocycles. The van der Waals surface area contributed by atoms with Gasteiger partial charge in [0.15, 0.2) is 0 Å². The maximum absolute atomic E-state index is 5.45. The lowest BCUT2D eigenvalue weighted by atomic mass is 10.0. The first-order chi connectivity index (χ1) is 7.11. The van der Waals surface area contributed by atoms with Crippen molar-refractivity contribution < 1.29 is 4.74 Å². The van der Waals surface area contributed by atoms with Gasteiger partial charge in [0.1, 0.15) is 5.75 Å². The Kier molecular flexibility index (Phi) is 4.61. The van der Waals surface area contributed by atoms with Crippen molar-refractivity contribution in [2.24, 2.45) is 0 Å². The van der Waals surface area contributed by atoms with Crippen LogP contribution in [0.5, 0.6) is 5.75 Å². The van der Waals surface area contributed by atoms with E-state index >= 15 is 0 Å². The second-order valence-corrected chi connectivity index (χ2v) is 4.45. The minimum Gasteiger partial charge on any atom is -0.496 e. The van der Waals surface area contributed by atoms with Crippen LogP contribution in [0.15, 0.2) is 10.5 Å². The Morgan fingerprint density at radius 2 is 2.07 bits per heavy atom. The third-order valence-corrected chi connectivity index (χ3v) is 3.37. The molecule has 1 aromatic carbocycles. The Balaban J connectivity index is 3.18. The number of aryl methyl sites for hydroxylation is 1. The van der Waals surface area contributed by atoms with Crippen molar-refractivity contribution in [1.29, 1.82) is 0 Å². The summed E-state index contributed by atoms with van der Waals surface area (Å²) in [5.41, 5.74) is 3.66. The second kappa shape index (κ2) is 5.52. The van der Waals surface area contributed by atoms with Crippen LogP contribution < -0.4 is 10.1 Å². The van der Waals surface area contributed by atoms with Crippen molar-refractivity contribution in [3.8, 4) is 5.75 Å². The Morgan fingerprint density at radius 3 is 2.60 bits per heavy atom. The van der Waals surface area contributed by atoms with E-state index in [0.29, 0.717) is 0 Å². The fourth-order valence-corrected chi connectivity index (χ4v) is 2.25. The molecule has 0 atom stereocenters. The molecule has 1 rings (SSSR count). The van der Waals surface area contributed by atoms with Crippen LogP contribution in [-0.4, -0.2) is 13.7 Å². The fraction of sp³-hybridized carbons (Fsp3) is 0.500. The van der Waals surface area contributed by atoms with E-state index in [9.17, 15) is 0 Å². The van der Waals surface area contributed by atoms with Gasteiger partial charge in [-0.25, -0.2) is 0 Å². The zero-order chi connectivity index (χ0) is 11.4. The molecule has 0 aromatic heterocycles. The number of nitrogens with one attached hydrogen (secondary N) is 1. The molecule has 0 bridgehead atoms. The van der Waals surface area contributed by atoms with E-state index in [1.807, 2.05) is 0 Å². The summed E-state index contributed by atoms with van der Waals surface area (Å²) in [5.74, 6) is 0.997. The average molecular weight is 272 g/mol. The standard InChI is InChI=1S/C12H18BrNO/c1-5-14-7-10-9(3)11(13)6-8(2)12(10)15-4/h6,14H,5,7H2,1-4H3. The van der Waals surface area contributed by atoms with Crippen LogP contribution in [0.25, 0.3) is 0 Å². The Bertz CT molecular complexity index is 350. The molecule has 1 aromatic rings. The summed E-state index contributed by atoms with van der Waals surface area (Å²) in [6.07, 6.45) is 0. The topological polar surface area (TPSA) is 21.3 Å². The van der Waals surface area contributed by atoms with Gasteiger partial charge in [-0.15, -0.1) is 0 Å². The fourth-order valence-electron chi connectivity index (χ4n) is 1.66. The number of halogens is 1. The van der Waals surface area contributed by atoms with Crippen molar-refractivity contribution in [2.45, 2.75) is 27.3 Å². The molecular weight excluding hydrogens is 254 g/mol. The van der Waals surface area contributed by atoms with Gasteiger partial charge >= 0.3 is 0 Å². The molecule has 3 heteroatoms. The molecule has 84 valence electrons. The molecule has 0 unspecified atom stereocenters. The van der Waals surface area contributed by atoms with E-state index in [2.05, 4.69) is 48.1 Å². The molecule has 0 amide bonds. The van der Waals surface area contributed by atoms with Gasteiger partial charge < -0.3 is 10.1 Å². The molecule has 0 aliphatic rings. The molecule has 0 radical (unpaired) electrons. The van der Waals surface area contributed by atoms with E-state index < -0.39 is 0 Å². The number of hydrogen-bond donors (Lipinski definition) is 1. The summed E-state index contributed by atoms with van der Waals surface area (Å²) in [6, 6.07) is 2.10. The van der Waals surface area contributed by atoms with Crippen molar-refractivity contribution in [2.75, 3.05) is 13.7 Å². The Hall–Kier alpha value is -0.540. The van der Waals surface area contributed by atoms with Crippen LogP contribution in [0.4, 0.5) is 0 Å².